The maximum Gasteiger partial charge on any atom is 0.325 e. The highest BCUT2D eigenvalue weighted by atomic mass is 16.5. The van der Waals surface area contributed by atoms with Gasteiger partial charge in [-0.05, 0) is 66.5 Å². The van der Waals surface area contributed by atoms with Crippen LogP contribution in [0.3, 0.4) is 0 Å². The number of esters is 1. The Balaban J connectivity index is 2.46. The van der Waals surface area contributed by atoms with Crippen LogP contribution in [0.4, 0.5) is 0 Å². The Morgan fingerprint density at radius 1 is 1.53 bits per heavy atom. The first kappa shape index (κ1) is 16.4. The van der Waals surface area contributed by atoms with Crippen molar-refractivity contribution in [2.24, 2.45) is 0 Å². The Morgan fingerprint density at radius 2 is 2.21 bits per heavy atom. The van der Waals surface area contributed by atoms with Gasteiger partial charge in [0.25, 0.3) is 0 Å². The third kappa shape index (κ3) is 4.77. The topological polar surface area (TPSA) is 41.6 Å². The second-order valence-electron chi connectivity index (χ2n) is 6.25. The second-order valence-corrected chi connectivity index (χ2v) is 6.25. The van der Waals surface area contributed by atoms with E-state index in [0.29, 0.717) is 6.04 Å². The molecule has 1 fully saturated rings. The Hall–Kier alpha value is -0.610. The number of rotatable bonds is 7. The lowest BCUT2D eigenvalue weighted by Gasteiger charge is -2.31. The van der Waals surface area contributed by atoms with Crippen LogP contribution in [0.1, 0.15) is 53.4 Å². The molecule has 19 heavy (non-hydrogen) atoms. The molecule has 4 nitrogen and oxygen atoms in total. The van der Waals surface area contributed by atoms with Crippen molar-refractivity contribution in [3.63, 3.8) is 0 Å². The fourth-order valence-electron chi connectivity index (χ4n) is 3.06. The molecule has 0 aromatic rings. The highest BCUT2D eigenvalue weighted by Crippen LogP contribution is 2.20. The van der Waals surface area contributed by atoms with Crippen LogP contribution < -0.4 is 5.32 Å². The molecule has 0 aliphatic carbocycles. The van der Waals surface area contributed by atoms with Crippen molar-refractivity contribution in [2.45, 2.75) is 71.0 Å². The monoisotopic (exact) mass is 270 g/mol. The van der Waals surface area contributed by atoms with Gasteiger partial charge in [-0.1, -0.05) is 0 Å². The van der Waals surface area contributed by atoms with Crippen LogP contribution in [-0.4, -0.2) is 48.7 Å². The molecule has 0 saturated carbocycles. The average molecular weight is 270 g/mol. The van der Waals surface area contributed by atoms with E-state index in [4.69, 9.17) is 4.74 Å². The van der Waals surface area contributed by atoms with Gasteiger partial charge in [0.2, 0.25) is 0 Å². The molecule has 0 aromatic heterocycles. The zero-order valence-corrected chi connectivity index (χ0v) is 13.2. The van der Waals surface area contributed by atoms with Crippen molar-refractivity contribution in [3.8, 4) is 0 Å². The molecule has 0 amide bonds. The van der Waals surface area contributed by atoms with Crippen molar-refractivity contribution >= 4 is 5.97 Å². The fourth-order valence-corrected chi connectivity index (χ4v) is 3.06. The van der Waals surface area contributed by atoms with Crippen LogP contribution in [0.15, 0.2) is 0 Å². The van der Waals surface area contributed by atoms with Gasteiger partial charge in [-0.15, -0.1) is 0 Å². The number of methoxy groups -OCH3 is 1. The van der Waals surface area contributed by atoms with Gasteiger partial charge in [-0.3, -0.25) is 10.1 Å². The Bertz CT molecular complexity index is 294. The molecule has 112 valence electrons. The van der Waals surface area contributed by atoms with Gasteiger partial charge in [-0.25, -0.2) is 0 Å². The van der Waals surface area contributed by atoms with Crippen LogP contribution in [0.5, 0.6) is 0 Å². The highest BCUT2D eigenvalue weighted by molar-refractivity contribution is 5.80. The predicted octanol–water partition coefficient (Wildman–Crippen LogP) is 2.18. The van der Waals surface area contributed by atoms with E-state index in [1.165, 1.54) is 26.5 Å². The molecule has 0 aromatic carbocycles. The summed E-state index contributed by atoms with van der Waals surface area (Å²) in [6, 6.07) is 0.970. The molecule has 4 heteroatoms. The smallest absolute Gasteiger partial charge is 0.325 e. The quantitative estimate of drug-likeness (QED) is 0.720. The number of hydrogen-bond acceptors (Lipinski definition) is 4. The summed E-state index contributed by atoms with van der Waals surface area (Å²) in [4.78, 5) is 14.5. The number of nitrogens with one attached hydrogen (secondary N) is 1. The van der Waals surface area contributed by atoms with Gasteiger partial charge in [0.1, 0.15) is 5.54 Å². The second kappa shape index (κ2) is 7.25. The third-order valence-corrected chi connectivity index (χ3v) is 4.06. The van der Waals surface area contributed by atoms with Gasteiger partial charge in [0, 0.05) is 12.1 Å². The summed E-state index contributed by atoms with van der Waals surface area (Å²) in [6.07, 6.45) is 4.45. The van der Waals surface area contributed by atoms with Crippen molar-refractivity contribution in [3.05, 3.63) is 0 Å². The molecule has 1 saturated heterocycles. The Labute approximate surface area is 117 Å². The maximum atomic E-state index is 12.0. The lowest BCUT2D eigenvalue weighted by Crippen LogP contribution is -2.53. The van der Waals surface area contributed by atoms with Crippen molar-refractivity contribution in [2.75, 3.05) is 20.2 Å². The predicted molar refractivity (Wildman–Crippen MR) is 78.2 cm³/mol. The molecule has 0 radical (unpaired) electrons. The van der Waals surface area contributed by atoms with Gasteiger partial charge in [0.05, 0.1) is 7.11 Å². The molecular weight excluding hydrogens is 240 g/mol. The van der Waals surface area contributed by atoms with E-state index < -0.39 is 5.54 Å². The van der Waals surface area contributed by atoms with E-state index in [0.717, 1.165) is 19.4 Å². The van der Waals surface area contributed by atoms with E-state index in [1.807, 2.05) is 6.92 Å². The number of carbonyl (C=O) groups excluding carboxylic acids is 1. The summed E-state index contributed by atoms with van der Waals surface area (Å²) < 4.78 is 4.94. The first-order valence-electron chi connectivity index (χ1n) is 7.49. The van der Waals surface area contributed by atoms with Crippen molar-refractivity contribution < 1.29 is 9.53 Å². The van der Waals surface area contributed by atoms with Crippen LogP contribution in [0.25, 0.3) is 0 Å². The minimum absolute atomic E-state index is 0.157. The number of ether oxygens (including phenoxy) is 1. The normalized spacial score (nSPS) is 23.6. The summed E-state index contributed by atoms with van der Waals surface area (Å²) in [6.45, 7) is 10.6. The van der Waals surface area contributed by atoms with Gasteiger partial charge in [-0.2, -0.15) is 0 Å². The number of carbonyl (C=O) groups is 1. The van der Waals surface area contributed by atoms with Gasteiger partial charge >= 0.3 is 5.97 Å². The van der Waals surface area contributed by atoms with Gasteiger partial charge < -0.3 is 9.64 Å². The van der Waals surface area contributed by atoms with E-state index in [9.17, 15) is 4.79 Å². The van der Waals surface area contributed by atoms with Crippen LogP contribution in [-0.2, 0) is 9.53 Å². The van der Waals surface area contributed by atoms with E-state index in [2.05, 4.69) is 31.0 Å². The minimum Gasteiger partial charge on any atom is -0.468 e. The molecule has 0 spiro atoms. The first-order chi connectivity index (χ1) is 8.89. The summed E-state index contributed by atoms with van der Waals surface area (Å²) in [5, 5.41) is 3.35. The summed E-state index contributed by atoms with van der Waals surface area (Å²) in [7, 11) is 1.46. The Kier molecular flexibility index (Phi) is 6.27. The fraction of sp³-hybridized carbons (Fsp3) is 0.933. The highest BCUT2D eigenvalue weighted by Gasteiger charge is 2.34. The summed E-state index contributed by atoms with van der Waals surface area (Å²) >= 11 is 0. The minimum atomic E-state index is -0.564. The standard InChI is InChI=1S/C15H30N2O2/c1-12(2)16-15(4,14(18)19-5)9-7-11-17-10-6-8-13(17)3/h12-13,16H,6-11H2,1-5H3. The zero-order chi connectivity index (χ0) is 14.5. The molecular formula is C15H30N2O2. The molecule has 1 rings (SSSR count). The van der Waals surface area contributed by atoms with Crippen LogP contribution >= 0.6 is 0 Å². The molecule has 2 atom stereocenters. The van der Waals surface area contributed by atoms with E-state index >= 15 is 0 Å². The lowest BCUT2D eigenvalue weighted by molar-refractivity contribution is -0.148. The average Bonchev–Trinajstić information content (AvgIpc) is 2.73. The van der Waals surface area contributed by atoms with E-state index in [-0.39, 0.29) is 12.0 Å². The van der Waals surface area contributed by atoms with Gasteiger partial charge in [0.15, 0.2) is 0 Å². The molecule has 1 heterocycles. The lowest BCUT2D eigenvalue weighted by atomic mass is 9.94. The molecule has 1 aliphatic rings. The summed E-state index contributed by atoms with van der Waals surface area (Å²) in [5.41, 5.74) is -0.564. The Morgan fingerprint density at radius 3 is 2.68 bits per heavy atom. The largest absolute Gasteiger partial charge is 0.468 e. The number of nitrogens with zero attached hydrogens (tertiary/aromatic N) is 1. The van der Waals surface area contributed by atoms with Crippen molar-refractivity contribution in [1.29, 1.82) is 0 Å². The molecule has 2 unspecified atom stereocenters. The third-order valence-electron chi connectivity index (χ3n) is 4.06. The van der Waals surface area contributed by atoms with E-state index in [1.54, 1.807) is 0 Å². The molecule has 1 N–H and O–H groups in total. The van der Waals surface area contributed by atoms with Crippen LogP contribution in [0, 0.1) is 0 Å². The number of hydrogen-bond donors (Lipinski definition) is 1. The maximum absolute atomic E-state index is 12.0. The SMILES string of the molecule is COC(=O)C(C)(CCCN1CCCC1C)NC(C)C. The molecule has 0 bridgehead atoms. The summed E-state index contributed by atoms with van der Waals surface area (Å²) in [5.74, 6) is -0.157. The number of likely N-dealkylation sites (tertiary alicyclic amines) is 1. The van der Waals surface area contributed by atoms with Crippen molar-refractivity contribution in [1.82, 2.24) is 10.2 Å². The molecule has 1 aliphatic heterocycles. The van der Waals surface area contributed by atoms with Crippen LogP contribution in [0.2, 0.25) is 0 Å². The zero-order valence-electron chi connectivity index (χ0n) is 13.2. The first-order valence-corrected chi connectivity index (χ1v) is 7.49.